The molecule has 1 N–H and O–H groups in total. The highest BCUT2D eigenvalue weighted by Gasteiger charge is 2.31. The minimum atomic E-state index is -0.459. The van der Waals surface area contributed by atoms with Gasteiger partial charge in [-0.2, -0.15) is 0 Å². The summed E-state index contributed by atoms with van der Waals surface area (Å²) in [7, 11) is 3.98. The van der Waals surface area contributed by atoms with Crippen molar-refractivity contribution >= 4 is 11.0 Å². The van der Waals surface area contributed by atoms with E-state index in [1.807, 2.05) is 32.3 Å². The summed E-state index contributed by atoms with van der Waals surface area (Å²) in [5.74, 6) is 0.955. The number of likely N-dealkylation sites (N-methyl/N-ethyl adjacent to an activating group) is 1. The highest BCUT2D eigenvalue weighted by atomic mass is 16.3. The normalized spacial score (nSPS) is 14.2. The maximum Gasteiger partial charge on any atom is 0.112 e. The Hall–Kier alpha value is -1.39. The molecule has 1 aromatic heterocycles. The molecule has 0 radical (unpaired) electrons. The van der Waals surface area contributed by atoms with Crippen LogP contribution in [0, 0.1) is 0 Å². The van der Waals surface area contributed by atoms with Crippen molar-refractivity contribution in [1.29, 1.82) is 0 Å². The first-order valence-electron chi connectivity index (χ1n) is 7.17. The zero-order valence-corrected chi connectivity index (χ0v) is 13.1. The maximum absolute atomic E-state index is 10.6. The number of aliphatic hydroxyl groups excluding tert-OH is 1. The first-order chi connectivity index (χ1) is 9.37. The van der Waals surface area contributed by atoms with Crippen LogP contribution in [0.3, 0.4) is 0 Å². The third-order valence-electron chi connectivity index (χ3n) is 4.39. The third kappa shape index (κ3) is 2.58. The molecular formula is C16H25N3O. The number of hydrogen-bond acceptors (Lipinski definition) is 3. The van der Waals surface area contributed by atoms with Crippen LogP contribution in [0.1, 0.15) is 26.6 Å². The van der Waals surface area contributed by atoms with Gasteiger partial charge in [0.1, 0.15) is 5.82 Å². The highest BCUT2D eigenvalue weighted by molar-refractivity contribution is 5.75. The Morgan fingerprint density at radius 1 is 1.30 bits per heavy atom. The van der Waals surface area contributed by atoms with Crippen LogP contribution in [0.5, 0.6) is 0 Å². The van der Waals surface area contributed by atoms with Gasteiger partial charge >= 0.3 is 0 Å². The van der Waals surface area contributed by atoms with Gasteiger partial charge in [-0.15, -0.1) is 0 Å². The van der Waals surface area contributed by atoms with E-state index >= 15 is 0 Å². The maximum atomic E-state index is 10.6. The summed E-state index contributed by atoms with van der Waals surface area (Å²) >= 11 is 0. The number of fused-ring (bicyclic) bond motifs is 1. The molecule has 1 unspecified atom stereocenters. The Balaban J connectivity index is 2.34. The number of benzene rings is 1. The number of hydrogen-bond donors (Lipinski definition) is 1. The molecule has 1 aromatic carbocycles. The lowest BCUT2D eigenvalue weighted by Gasteiger charge is -2.37. The molecule has 1 heterocycles. The molecule has 2 aromatic rings. The largest absolute Gasteiger partial charge is 0.391 e. The van der Waals surface area contributed by atoms with Gasteiger partial charge in [0.15, 0.2) is 0 Å². The fraction of sp³-hybridized carbons (Fsp3) is 0.562. The molecule has 0 saturated carbocycles. The van der Waals surface area contributed by atoms with Crippen molar-refractivity contribution in [2.45, 2.75) is 45.4 Å². The smallest absolute Gasteiger partial charge is 0.112 e. The second-order valence-corrected chi connectivity index (χ2v) is 6.03. The number of rotatable bonds is 5. The topological polar surface area (TPSA) is 41.3 Å². The Morgan fingerprint density at radius 2 is 1.95 bits per heavy atom. The molecule has 0 aliphatic rings. The summed E-state index contributed by atoms with van der Waals surface area (Å²) in [5, 5.41) is 10.6. The van der Waals surface area contributed by atoms with Gasteiger partial charge in [0.2, 0.25) is 0 Å². The Labute approximate surface area is 121 Å². The fourth-order valence-corrected chi connectivity index (χ4v) is 2.35. The number of para-hydroxylation sites is 2. The molecule has 0 fully saturated rings. The van der Waals surface area contributed by atoms with Crippen LogP contribution < -0.4 is 0 Å². The molecule has 2 rings (SSSR count). The van der Waals surface area contributed by atoms with E-state index < -0.39 is 6.10 Å². The predicted octanol–water partition coefficient (Wildman–Crippen LogP) is 2.30. The van der Waals surface area contributed by atoms with E-state index in [2.05, 4.69) is 41.3 Å². The molecule has 4 nitrogen and oxygen atoms in total. The van der Waals surface area contributed by atoms with Gasteiger partial charge < -0.3 is 14.6 Å². The second-order valence-electron chi connectivity index (χ2n) is 6.03. The number of aromatic nitrogens is 2. The molecule has 4 heteroatoms. The van der Waals surface area contributed by atoms with E-state index in [1.54, 1.807) is 0 Å². The van der Waals surface area contributed by atoms with Gasteiger partial charge in [0.05, 0.1) is 17.1 Å². The summed E-state index contributed by atoms with van der Waals surface area (Å²) in [5.41, 5.74) is 1.86. The average molecular weight is 275 g/mol. The van der Waals surface area contributed by atoms with E-state index in [-0.39, 0.29) is 5.54 Å². The van der Waals surface area contributed by atoms with Crippen LogP contribution in [0.2, 0.25) is 0 Å². The number of aryl methyl sites for hydroxylation is 1. The number of imidazole rings is 1. The molecule has 0 amide bonds. The molecule has 0 bridgehead atoms. The van der Waals surface area contributed by atoms with Crippen LogP contribution in [0.15, 0.2) is 24.3 Å². The summed E-state index contributed by atoms with van der Waals surface area (Å²) in [6.07, 6.45) is 0.105. The lowest BCUT2D eigenvalue weighted by Crippen LogP contribution is -2.49. The Morgan fingerprint density at radius 3 is 2.55 bits per heavy atom. The van der Waals surface area contributed by atoms with Crippen molar-refractivity contribution < 1.29 is 5.11 Å². The van der Waals surface area contributed by atoms with Gasteiger partial charge in [-0.05, 0) is 47.0 Å². The number of aliphatic hydroxyl groups is 1. The molecule has 0 spiro atoms. The quantitative estimate of drug-likeness (QED) is 0.910. The van der Waals surface area contributed by atoms with Crippen LogP contribution >= 0.6 is 0 Å². The molecular weight excluding hydrogens is 250 g/mol. The van der Waals surface area contributed by atoms with E-state index in [1.165, 1.54) is 0 Å². The summed E-state index contributed by atoms with van der Waals surface area (Å²) < 4.78 is 2.18. The summed E-state index contributed by atoms with van der Waals surface area (Å²) in [6.45, 7) is 7.08. The predicted molar refractivity (Wildman–Crippen MR) is 82.9 cm³/mol. The molecule has 110 valence electrons. The molecule has 0 saturated heterocycles. The first-order valence-corrected chi connectivity index (χ1v) is 7.17. The van der Waals surface area contributed by atoms with Crippen molar-refractivity contribution in [1.82, 2.24) is 14.5 Å². The molecule has 1 atom stereocenters. The summed E-state index contributed by atoms with van der Waals surface area (Å²) in [6, 6.07) is 8.13. The Bertz CT molecular complexity index is 586. The zero-order valence-electron chi connectivity index (χ0n) is 13.1. The van der Waals surface area contributed by atoms with Gasteiger partial charge in [0.25, 0.3) is 0 Å². The van der Waals surface area contributed by atoms with Crippen LogP contribution in [0.4, 0.5) is 0 Å². The average Bonchev–Trinajstić information content (AvgIpc) is 2.75. The van der Waals surface area contributed by atoms with Crippen molar-refractivity contribution in [2.24, 2.45) is 0 Å². The lowest BCUT2D eigenvalue weighted by atomic mass is 9.93. The second kappa shape index (κ2) is 5.54. The number of nitrogens with zero attached hydrogens (tertiary/aromatic N) is 3. The van der Waals surface area contributed by atoms with E-state index in [0.717, 1.165) is 23.4 Å². The van der Waals surface area contributed by atoms with Gasteiger partial charge in [-0.1, -0.05) is 12.1 Å². The Kier molecular flexibility index (Phi) is 4.16. The molecule has 0 aliphatic heterocycles. The molecule has 20 heavy (non-hydrogen) atoms. The minimum Gasteiger partial charge on any atom is -0.391 e. The van der Waals surface area contributed by atoms with E-state index in [0.29, 0.717) is 6.42 Å². The van der Waals surface area contributed by atoms with Crippen LogP contribution in [-0.2, 0) is 13.0 Å². The van der Waals surface area contributed by atoms with Gasteiger partial charge in [-0.3, -0.25) is 0 Å². The van der Waals surface area contributed by atoms with E-state index in [4.69, 9.17) is 0 Å². The van der Waals surface area contributed by atoms with E-state index in [9.17, 15) is 5.11 Å². The fourth-order valence-electron chi connectivity index (χ4n) is 2.35. The van der Waals surface area contributed by atoms with Crippen molar-refractivity contribution in [3.05, 3.63) is 30.1 Å². The summed E-state index contributed by atoms with van der Waals surface area (Å²) in [4.78, 5) is 6.73. The lowest BCUT2D eigenvalue weighted by molar-refractivity contribution is 0.0166. The first kappa shape index (κ1) is 15.0. The molecule has 0 aliphatic carbocycles. The standard InChI is InChI=1S/C16H25N3O/c1-6-19-13-10-8-7-9-12(13)17-15(19)11-14(20)16(2,3)18(4)5/h7-10,14,20H,6,11H2,1-5H3. The van der Waals surface area contributed by atoms with Crippen molar-refractivity contribution in [3.8, 4) is 0 Å². The minimum absolute atomic E-state index is 0.281. The van der Waals surface area contributed by atoms with Crippen LogP contribution in [0.25, 0.3) is 11.0 Å². The van der Waals surface area contributed by atoms with Crippen molar-refractivity contribution in [2.75, 3.05) is 14.1 Å². The van der Waals surface area contributed by atoms with Crippen molar-refractivity contribution in [3.63, 3.8) is 0 Å². The third-order valence-corrected chi connectivity index (χ3v) is 4.39. The van der Waals surface area contributed by atoms with Gasteiger partial charge in [0, 0.05) is 18.5 Å². The zero-order chi connectivity index (χ0) is 14.9. The van der Waals surface area contributed by atoms with Gasteiger partial charge in [-0.25, -0.2) is 4.98 Å². The van der Waals surface area contributed by atoms with Crippen LogP contribution in [-0.4, -0.2) is 45.3 Å². The monoisotopic (exact) mass is 275 g/mol. The highest BCUT2D eigenvalue weighted by Crippen LogP contribution is 2.22. The SMILES string of the molecule is CCn1c(CC(O)C(C)(C)N(C)C)nc2ccccc21.